The average Bonchev–Trinajstić information content (AvgIpc) is 2.94. The fourth-order valence-corrected chi connectivity index (χ4v) is 2.11. The normalized spacial score (nSPS) is 17.2. The van der Waals surface area contributed by atoms with Gasteiger partial charge in [0.05, 0.1) is 13.2 Å². The van der Waals surface area contributed by atoms with Gasteiger partial charge in [-0.3, -0.25) is 4.79 Å². The van der Waals surface area contributed by atoms with Crippen LogP contribution in [-0.2, 0) is 20.9 Å². The minimum atomic E-state index is -0.318. The maximum absolute atomic E-state index is 9.60. The van der Waals surface area contributed by atoms with Gasteiger partial charge in [-0.25, -0.2) is 0 Å². The first-order valence-electron chi connectivity index (χ1n) is 8.29. The van der Waals surface area contributed by atoms with Crippen LogP contribution >= 0.6 is 0 Å². The highest BCUT2D eigenvalue weighted by Crippen LogP contribution is 2.13. The van der Waals surface area contributed by atoms with E-state index in [4.69, 9.17) is 9.84 Å². The number of aliphatic hydroxyl groups is 1. The van der Waals surface area contributed by atoms with Gasteiger partial charge in [-0.1, -0.05) is 30.3 Å². The van der Waals surface area contributed by atoms with E-state index in [9.17, 15) is 4.79 Å². The maximum Gasteiger partial charge on any atom is 0.293 e. The number of carbonyl (C=O) groups excluding carboxylic acids is 1. The zero-order chi connectivity index (χ0) is 18.4. The van der Waals surface area contributed by atoms with Gasteiger partial charge in [0.2, 0.25) is 0 Å². The third-order valence-electron chi connectivity index (χ3n) is 3.46. The number of aliphatic hydroxyl groups excluding tert-OH is 1. The van der Waals surface area contributed by atoms with Crippen molar-refractivity contribution in [3.63, 3.8) is 0 Å². The summed E-state index contributed by atoms with van der Waals surface area (Å²) in [4.78, 5) is 12.0. The topological polar surface area (TPSA) is 59.0 Å². The molecule has 1 aliphatic heterocycles. The molecule has 1 aromatic rings. The molecule has 1 aromatic carbocycles. The Morgan fingerprint density at radius 2 is 1.92 bits per heavy atom. The van der Waals surface area contributed by atoms with Gasteiger partial charge < -0.3 is 19.5 Å². The standard InChI is InChI=1S/C7H15NO.C7H8O.C5H10O2/c1-8-5-3-4-7(8)6-9-2;8-6-7-4-2-1-3-5-7;1-5(2,3)7-4-6/h7H,3-6H2,1-2H3;1-5,8H,6H2;4H,1-3H3/t7-;;/m0../s1. The highest BCUT2D eigenvalue weighted by atomic mass is 16.5. The van der Waals surface area contributed by atoms with Crippen molar-refractivity contribution in [1.82, 2.24) is 4.90 Å². The van der Waals surface area contributed by atoms with Crippen LogP contribution in [0, 0.1) is 0 Å². The van der Waals surface area contributed by atoms with Crippen LogP contribution in [0.25, 0.3) is 0 Å². The van der Waals surface area contributed by atoms with Crippen LogP contribution in [0.2, 0.25) is 0 Å². The minimum absolute atomic E-state index is 0.140. The lowest BCUT2D eigenvalue weighted by Gasteiger charge is -2.17. The van der Waals surface area contributed by atoms with Crippen molar-refractivity contribution in [3.05, 3.63) is 35.9 Å². The van der Waals surface area contributed by atoms with E-state index in [1.807, 2.05) is 51.1 Å². The molecular weight excluding hydrogens is 306 g/mol. The van der Waals surface area contributed by atoms with Crippen molar-refractivity contribution < 1.29 is 19.4 Å². The zero-order valence-corrected chi connectivity index (χ0v) is 15.7. The van der Waals surface area contributed by atoms with Crippen LogP contribution < -0.4 is 0 Å². The SMILES string of the molecule is CC(C)(C)OC=O.COC[C@@H]1CCCN1C.OCc1ccccc1. The Labute approximate surface area is 146 Å². The summed E-state index contributed by atoms with van der Waals surface area (Å²) in [6.07, 6.45) is 2.65. The second-order valence-corrected chi connectivity index (χ2v) is 6.70. The van der Waals surface area contributed by atoms with Gasteiger partial charge in [0.25, 0.3) is 6.47 Å². The van der Waals surface area contributed by atoms with E-state index in [-0.39, 0.29) is 12.2 Å². The van der Waals surface area contributed by atoms with Crippen molar-refractivity contribution >= 4 is 6.47 Å². The van der Waals surface area contributed by atoms with Crippen molar-refractivity contribution in [2.45, 2.75) is 51.9 Å². The summed E-state index contributed by atoms with van der Waals surface area (Å²) < 4.78 is 9.60. The summed E-state index contributed by atoms with van der Waals surface area (Å²) in [7, 11) is 3.93. The van der Waals surface area contributed by atoms with Crippen molar-refractivity contribution in [2.24, 2.45) is 0 Å². The van der Waals surface area contributed by atoms with E-state index in [2.05, 4.69) is 16.7 Å². The highest BCUT2D eigenvalue weighted by Gasteiger charge is 2.19. The Balaban J connectivity index is 0.000000334. The third kappa shape index (κ3) is 12.0. The predicted molar refractivity (Wildman–Crippen MR) is 96.8 cm³/mol. The zero-order valence-electron chi connectivity index (χ0n) is 15.7. The molecule has 0 amide bonds. The summed E-state index contributed by atoms with van der Waals surface area (Å²) in [6, 6.07) is 10.2. The van der Waals surface area contributed by atoms with Crippen LogP contribution in [0.15, 0.2) is 30.3 Å². The molecule has 1 atom stereocenters. The van der Waals surface area contributed by atoms with Crippen molar-refractivity contribution in [2.75, 3.05) is 27.3 Å². The highest BCUT2D eigenvalue weighted by molar-refractivity contribution is 5.37. The number of benzene rings is 1. The molecule has 1 saturated heterocycles. The average molecular weight is 339 g/mol. The molecule has 1 N–H and O–H groups in total. The van der Waals surface area contributed by atoms with E-state index in [1.54, 1.807) is 7.11 Å². The number of rotatable bonds is 4. The van der Waals surface area contributed by atoms with Crippen LogP contribution in [0.5, 0.6) is 0 Å². The third-order valence-corrected chi connectivity index (χ3v) is 3.46. The van der Waals surface area contributed by atoms with E-state index >= 15 is 0 Å². The molecule has 2 rings (SSSR count). The number of methoxy groups -OCH3 is 1. The minimum Gasteiger partial charge on any atom is -0.462 e. The Morgan fingerprint density at radius 1 is 1.29 bits per heavy atom. The monoisotopic (exact) mass is 339 g/mol. The molecule has 5 heteroatoms. The molecule has 1 aliphatic rings. The number of nitrogens with zero attached hydrogens (tertiary/aromatic N) is 1. The predicted octanol–water partition coefficient (Wildman–Crippen LogP) is 2.86. The fraction of sp³-hybridized carbons (Fsp3) is 0.632. The van der Waals surface area contributed by atoms with E-state index in [0.29, 0.717) is 12.5 Å². The summed E-state index contributed by atoms with van der Waals surface area (Å²) >= 11 is 0. The quantitative estimate of drug-likeness (QED) is 0.855. The Bertz CT molecular complexity index is 417. The number of hydrogen-bond acceptors (Lipinski definition) is 5. The number of hydrogen-bond donors (Lipinski definition) is 1. The molecular formula is C19H33NO4. The molecule has 5 nitrogen and oxygen atoms in total. The number of likely N-dealkylation sites (N-methyl/N-ethyl adjacent to an activating group) is 1. The first-order valence-corrected chi connectivity index (χ1v) is 8.29. The lowest BCUT2D eigenvalue weighted by atomic mass is 10.2. The van der Waals surface area contributed by atoms with E-state index < -0.39 is 0 Å². The summed E-state index contributed by atoms with van der Waals surface area (Å²) in [5.74, 6) is 0. The Hall–Kier alpha value is -1.43. The molecule has 0 unspecified atom stereocenters. The first-order chi connectivity index (χ1) is 11.3. The molecule has 1 heterocycles. The molecule has 1 fully saturated rings. The van der Waals surface area contributed by atoms with Crippen molar-refractivity contribution in [1.29, 1.82) is 0 Å². The van der Waals surface area contributed by atoms with Gasteiger partial charge in [0, 0.05) is 13.2 Å². The summed E-state index contributed by atoms with van der Waals surface area (Å²) in [6.45, 7) is 8.20. The lowest BCUT2D eigenvalue weighted by molar-refractivity contribution is -0.138. The lowest BCUT2D eigenvalue weighted by Crippen LogP contribution is -2.28. The molecule has 0 saturated carbocycles. The number of ether oxygens (including phenoxy) is 2. The van der Waals surface area contributed by atoms with Gasteiger partial charge in [-0.15, -0.1) is 0 Å². The second-order valence-electron chi connectivity index (χ2n) is 6.70. The van der Waals surface area contributed by atoms with Gasteiger partial charge in [0.15, 0.2) is 0 Å². The van der Waals surface area contributed by atoms with E-state index in [1.165, 1.54) is 19.4 Å². The smallest absolute Gasteiger partial charge is 0.293 e. The maximum atomic E-state index is 9.60. The largest absolute Gasteiger partial charge is 0.462 e. The van der Waals surface area contributed by atoms with Crippen LogP contribution in [0.4, 0.5) is 0 Å². The Kier molecular flexibility index (Phi) is 12.2. The fourth-order valence-electron chi connectivity index (χ4n) is 2.11. The van der Waals surface area contributed by atoms with Crippen LogP contribution in [0.3, 0.4) is 0 Å². The molecule has 0 aliphatic carbocycles. The number of carbonyl (C=O) groups is 1. The van der Waals surface area contributed by atoms with Crippen LogP contribution in [0.1, 0.15) is 39.2 Å². The van der Waals surface area contributed by atoms with Gasteiger partial charge in [-0.05, 0) is 52.8 Å². The Morgan fingerprint density at radius 3 is 2.21 bits per heavy atom. The van der Waals surface area contributed by atoms with Crippen LogP contribution in [-0.4, -0.2) is 55.4 Å². The first kappa shape index (κ1) is 22.6. The molecule has 0 radical (unpaired) electrons. The van der Waals surface area contributed by atoms with Crippen molar-refractivity contribution in [3.8, 4) is 0 Å². The van der Waals surface area contributed by atoms with E-state index in [0.717, 1.165) is 12.2 Å². The molecule has 24 heavy (non-hydrogen) atoms. The molecule has 0 aromatic heterocycles. The van der Waals surface area contributed by atoms with Gasteiger partial charge in [-0.2, -0.15) is 0 Å². The van der Waals surface area contributed by atoms with Gasteiger partial charge >= 0.3 is 0 Å². The summed E-state index contributed by atoms with van der Waals surface area (Å²) in [5.41, 5.74) is 0.648. The molecule has 0 bridgehead atoms. The second kappa shape index (κ2) is 12.9. The summed E-state index contributed by atoms with van der Waals surface area (Å²) in [5, 5.41) is 8.54. The van der Waals surface area contributed by atoms with Gasteiger partial charge in [0.1, 0.15) is 5.60 Å². The number of likely N-dealkylation sites (tertiary alicyclic amines) is 1. The molecule has 0 spiro atoms. The molecule has 138 valence electrons.